The van der Waals surface area contributed by atoms with Crippen LogP contribution in [-0.4, -0.2) is 29.5 Å². The zero-order valence-corrected chi connectivity index (χ0v) is 12.3. The van der Waals surface area contributed by atoms with Crippen molar-refractivity contribution in [1.29, 1.82) is 0 Å². The van der Waals surface area contributed by atoms with E-state index in [2.05, 4.69) is 47.8 Å². The van der Waals surface area contributed by atoms with Crippen LogP contribution >= 0.6 is 47.8 Å². The molecule has 0 radical (unpaired) electrons. The van der Waals surface area contributed by atoms with Gasteiger partial charge in [-0.3, -0.25) is 0 Å². The molecule has 2 N–H and O–H groups in total. The monoisotopic (exact) mass is 402 g/mol. The number of aliphatic hydroxyl groups is 2. The van der Waals surface area contributed by atoms with Gasteiger partial charge in [0.25, 0.3) is 0 Å². The minimum Gasteiger partial charge on any atom is -0.488 e. The van der Waals surface area contributed by atoms with E-state index < -0.39 is 6.10 Å². The predicted octanol–water partition coefficient (Wildman–Crippen LogP) is 2.71. The molecule has 6 heteroatoms. The van der Waals surface area contributed by atoms with Gasteiger partial charge in [-0.1, -0.05) is 15.9 Å². The zero-order valence-electron chi connectivity index (χ0n) is 7.58. The fourth-order valence-electron chi connectivity index (χ4n) is 0.899. The maximum atomic E-state index is 9.14. The van der Waals surface area contributed by atoms with Gasteiger partial charge in [0.05, 0.1) is 15.6 Å². The van der Waals surface area contributed by atoms with Gasteiger partial charge in [0, 0.05) is 4.47 Å². The molecule has 0 amide bonds. The standard InChI is InChI=1S/C9H9Br3O3/c10-5-1-7(11)9(8(12)2-5)15-4-6(14)3-13/h1-2,6,13-14H,3-4H2. The molecule has 0 heterocycles. The van der Waals surface area contributed by atoms with Crippen molar-refractivity contribution in [3.63, 3.8) is 0 Å². The number of ether oxygens (including phenoxy) is 1. The van der Waals surface area contributed by atoms with Crippen molar-refractivity contribution in [2.45, 2.75) is 6.10 Å². The topological polar surface area (TPSA) is 49.7 Å². The second-order valence-corrected chi connectivity index (χ2v) is 5.47. The molecule has 0 saturated heterocycles. The lowest BCUT2D eigenvalue weighted by molar-refractivity contribution is 0.0531. The summed E-state index contributed by atoms with van der Waals surface area (Å²) in [5.74, 6) is 0.603. The van der Waals surface area contributed by atoms with Gasteiger partial charge < -0.3 is 14.9 Å². The molecule has 1 unspecified atom stereocenters. The van der Waals surface area contributed by atoms with Crippen LogP contribution in [0, 0.1) is 0 Å². The van der Waals surface area contributed by atoms with Gasteiger partial charge in [-0.2, -0.15) is 0 Å². The first kappa shape index (κ1) is 13.4. The highest BCUT2D eigenvalue weighted by Crippen LogP contribution is 2.36. The van der Waals surface area contributed by atoms with Crippen LogP contribution in [0.1, 0.15) is 0 Å². The molecule has 84 valence electrons. The molecule has 3 nitrogen and oxygen atoms in total. The quantitative estimate of drug-likeness (QED) is 0.811. The van der Waals surface area contributed by atoms with Crippen molar-refractivity contribution < 1.29 is 14.9 Å². The Morgan fingerprint density at radius 2 is 1.73 bits per heavy atom. The average Bonchev–Trinajstić information content (AvgIpc) is 2.15. The molecule has 0 aromatic heterocycles. The molecular formula is C9H9Br3O3. The summed E-state index contributed by atoms with van der Waals surface area (Å²) >= 11 is 10.0. The SMILES string of the molecule is OCC(O)COc1c(Br)cc(Br)cc1Br. The summed E-state index contributed by atoms with van der Waals surface area (Å²) in [6, 6.07) is 3.68. The average molecular weight is 405 g/mol. The molecule has 15 heavy (non-hydrogen) atoms. The number of benzene rings is 1. The lowest BCUT2D eigenvalue weighted by Crippen LogP contribution is -2.21. The molecule has 0 saturated carbocycles. The number of halogens is 3. The number of rotatable bonds is 4. The summed E-state index contributed by atoms with van der Waals surface area (Å²) in [4.78, 5) is 0. The highest BCUT2D eigenvalue weighted by Gasteiger charge is 2.10. The van der Waals surface area contributed by atoms with Crippen LogP contribution in [0.4, 0.5) is 0 Å². The van der Waals surface area contributed by atoms with E-state index in [0.29, 0.717) is 5.75 Å². The number of aliphatic hydroxyl groups excluding tert-OH is 2. The molecule has 0 aliphatic carbocycles. The normalized spacial score (nSPS) is 12.6. The van der Waals surface area contributed by atoms with Crippen LogP contribution in [-0.2, 0) is 0 Å². The van der Waals surface area contributed by atoms with Gasteiger partial charge in [-0.25, -0.2) is 0 Å². The molecule has 1 rings (SSSR count). The molecule has 0 fully saturated rings. The number of hydrogen-bond acceptors (Lipinski definition) is 3. The van der Waals surface area contributed by atoms with Gasteiger partial charge in [-0.05, 0) is 44.0 Å². The second kappa shape index (κ2) is 6.20. The molecule has 1 atom stereocenters. The van der Waals surface area contributed by atoms with Crippen molar-refractivity contribution in [2.75, 3.05) is 13.2 Å². The third kappa shape index (κ3) is 4.03. The van der Waals surface area contributed by atoms with Gasteiger partial charge >= 0.3 is 0 Å². The first-order chi connectivity index (χ1) is 7.04. The van der Waals surface area contributed by atoms with Gasteiger partial charge in [0.1, 0.15) is 18.5 Å². The van der Waals surface area contributed by atoms with Gasteiger partial charge in [0.2, 0.25) is 0 Å². The Morgan fingerprint density at radius 1 is 1.20 bits per heavy atom. The van der Waals surface area contributed by atoms with Crippen molar-refractivity contribution >= 4 is 47.8 Å². The fraction of sp³-hybridized carbons (Fsp3) is 0.333. The van der Waals surface area contributed by atoms with E-state index in [9.17, 15) is 0 Å². The van der Waals surface area contributed by atoms with Crippen LogP contribution < -0.4 is 4.74 Å². The Balaban J connectivity index is 2.77. The van der Waals surface area contributed by atoms with Crippen LogP contribution in [0.25, 0.3) is 0 Å². The van der Waals surface area contributed by atoms with E-state index >= 15 is 0 Å². The Kier molecular flexibility index (Phi) is 5.56. The van der Waals surface area contributed by atoms with Crippen molar-refractivity contribution in [1.82, 2.24) is 0 Å². The van der Waals surface area contributed by atoms with Gasteiger partial charge in [-0.15, -0.1) is 0 Å². The minimum absolute atomic E-state index is 0.0509. The summed E-state index contributed by atoms with van der Waals surface area (Å²) in [5.41, 5.74) is 0. The Labute approximate surface area is 113 Å². The Bertz CT molecular complexity index is 320. The Morgan fingerprint density at radius 3 is 2.20 bits per heavy atom. The smallest absolute Gasteiger partial charge is 0.147 e. The van der Waals surface area contributed by atoms with Crippen LogP contribution in [0.15, 0.2) is 25.6 Å². The highest BCUT2D eigenvalue weighted by atomic mass is 79.9. The third-order valence-corrected chi connectivity index (χ3v) is 3.23. The summed E-state index contributed by atoms with van der Waals surface area (Å²) in [6.45, 7) is -0.263. The van der Waals surface area contributed by atoms with Crippen molar-refractivity contribution in [3.8, 4) is 5.75 Å². The maximum absolute atomic E-state index is 9.14. The molecule has 1 aromatic carbocycles. The summed E-state index contributed by atoms with van der Waals surface area (Å²) < 4.78 is 7.81. The predicted molar refractivity (Wildman–Crippen MR) is 68.1 cm³/mol. The van der Waals surface area contributed by atoms with Gasteiger partial charge in [0.15, 0.2) is 0 Å². The van der Waals surface area contributed by atoms with Crippen molar-refractivity contribution in [3.05, 3.63) is 25.6 Å². The summed E-state index contributed by atoms with van der Waals surface area (Å²) in [5, 5.41) is 17.8. The van der Waals surface area contributed by atoms with E-state index in [-0.39, 0.29) is 13.2 Å². The highest BCUT2D eigenvalue weighted by molar-refractivity contribution is 9.11. The molecule has 0 aliphatic heterocycles. The van der Waals surface area contributed by atoms with E-state index in [0.717, 1.165) is 13.4 Å². The molecule has 0 aliphatic rings. The molecular weight excluding hydrogens is 396 g/mol. The van der Waals surface area contributed by atoms with E-state index in [1.54, 1.807) is 0 Å². The van der Waals surface area contributed by atoms with E-state index in [1.807, 2.05) is 12.1 Å². The van der Waals surface area contributed by atoms with E-state index in [4.69, 9.17) is 14.9 Å². The molecule has 0 spiro atoms. The largest absolute Gasteiger partial charge is 0.488 e. The van der Waals surface area contributed by atoms with E-state index in [1.165, 1.54) is 0 Å². The lowest BCUT2D eigenvalue weighted by Gasteiger charge is -2.13. The zero-order chi connectivity index (χ0) is 11.4. The Hall–Kier alpha value is 0.380. The van der Waals surface area contributed by atoms with Crippen LogP contribution in [0.5, 0.6) is 5.75 Å². The minimum atomic E-state index is -0.868. The third-order valence-electron chi connectivity index (χ3n) is 1.59. The van der Waals surface area contributed by atoms with Crippen molar-refractivity contribution in [2.24, 2.45) is 0 Å². The first-order valence-electron chi connectivity index (χ1n) is 4.11. The maximum Gasteiger partial charge on any atom is 0.147 e. The van der Waals surface area contributed by atoms with Crippen LogP contribution in [0.3, 0.4) is 0 Å². The molecule has 0 bridgehead atoms. The fourth-order valence-corrected chi connectivity index (χ4v) is 3.39. The first-order valence-corrected chi connectivity index (χ1v) is 6.48. The van der Waals surface area contributed by atoms with Crippen LogP contribution in [0.2, 0.25) is 0 Å². The lowest BCUT2D eigenvalue weighted by atomic mass is 10.3. The molecule has 1 aromatic rings. The summed E-state index contributed by atoms with van der Waals surface area (Å²) in [7, 11) is 0. The second-order valence-electron chi connectivity index (χ2n) is 2.85. The number of hydrogen-bond donors (Lipinski definition) is 2. The summed E-state index contributed by atoms with van der Waals surface area (Å²) in [6.07, 6.45) is -0.868.